The zero-order valence-corrected chi connectivity index (χ0v) is 10.4. The molecule has 0 bridgehead atoms. The van der Waals surface area contributed by atoms with Crippen molar-refractivity contribution in [2.75, 3.05) is 6.61 Å². The van der Waals surface area contributed by atoms with E-state index in [9.17, 15) is 4.79 Å². The Morgan fingerprint density at radius 1 is 1.36 bits per heavy atom. The van der Waals surface area contributed by atoms with E-state index in [0.717, 1.165) is 0 Å². The number of ether oxygens (including phenoxy) is 1. The first-order valence-corrected chi connectivity index (χ1v) is 4.21. The fourth-order valence-corrected chi connectivity index (χ4v) is 0.615. The van der Waals surface area contributed by atoms with E-state index in [1.807, 2.05) is 20.8 Å². The van der Waals surface area contributed by atoms with E-state index in [0.29, 0.717) is 13.0 Å². The van der Waals surface area contributed by atoms with Crippen LogP contribution in [-0.4, -0.2) is 24.8 Å². The summed E-state index contributed by atoms with van der Waals surface area (Å²) in [5.74, 6) is 0. The van der Waals surface area contributed by atoms with Gasteiger partial charge in [0.1, 0.15) is 0 Å². The molecule has 0 rings (SSSR count). The lowest BCUT2D eigenvalue weighted by molar-refractivity contribution is 0.140. The van der Waals surface area contributed by atoms with Gasteiger partial charge in [0.15, 0.2) is 0 Å². The Hall–Kier alpha value is -0.190. The van der Waals surface area contributed by atoms with Crippen LogP contribution in [0.15, 0.2) is 0 Å². The predicted molar refractivity (Wildman–Crippen MR) is 62.4 cm³/mol. The second kappa shape index (κ2) is 10.9. The Balaban J connectivity index is -0.000000605. The lowest BCUT2D eigenvalue weighted by Gasteiger charge is -2.09. The van der Waals surface area contributed by atoms with Crippen LogP contribution in [0.5, 0.6) is 0 Å². The molecule has 0 saturated carbocycles. The molecule has 0 radical (unpaired) electrons. The molecule has 0 aliphatic carbocycles. The third-order valence-corrected chi connectivity index (χ3v) is 1.21. The van der Waals surface area contributed by atoms with E-state index >= 15 is 0 Å². The maximum absolute atomic E-state index is 10.9. The number of nitrogens with two attached hydrogens (primary N) is 1. The third-order valence-electron chi connectivity index (χ3n) is 1.21. The summed E-state index contributed by atoms with van der Waals surface area (Å²) in [5.41, 5.74) is 5.47. The normalized spacial score (nSPS) is 10.9. The summed E-state index contributed by atoms with van der Waals surface area (Å²) in [6.45, 7) is 6.03. The molecule has 0 saturated heterocycles. The molecule has 0 heterocycles. The van der Waals surface area contributed by atoms with Crippen molar-refractivity contribution in [3.8, 4) is 0 Å². The van der Waals surface area contributed by atoms with Crippen molar-refractivity contribution >= 4 is 30.9 Å². The Morgan fingerprint density at radius 2 is 1.86 bits per heavy atom. The maximum Gasteiger partial charge on any atom is 0.407 e. The Labute approximate surface area is 97.8 Å². The van der Waals surface area contributed by atoms with Crippen LogP contribution in [0, 0.1) is 0 Å². The van der Waals surface area contributed by atoms with Gasteiger partial charge in [-0.05, 0) is 27.2 Å². The van der Waals surface area contributed by atoms with Gasteiger partial charge in [0.25, 0.3) is 0 Å². The average Bonchev–Trinajstić information content (AvgIpc) is 1.84. The van der Waals surface area contributed by atoms with Crippen LogP contribution in [0.4, 0.5) is 4.79 Å². The molecule has 0 aromatic heterocycles. The van der Waals surface area contributed by atoms with Crippen LogP contribution >= 0.6 is 24.8 Å². The molecule has 1 amide bonds. The summed E-state index contributed by atoms with van der Waals surface area (Å²) >= 11 is 0. The standard InChI is InChI=1S/C8H18N2O2.2ClH/c1-6(2)10-8(11)12-5-4-7(3)9;;/h6-7H,4-5,9H2,1-3H3,(H,10,11);2*1H. The van der Waals surface area contributed by atoms with Crippen molar-refractivity contribution in [1.82, 2.24) is 5.32 Å². The van der Waals surface area contributed by atoms with Crippen LogP contribution in [0.25, 0.3) is 0 Å². The zero-order chi connectivity index (χ0) is 9.56. The highest BCUT2D eigenvalue weighted by molar-refractivity contribution is 5.85. The van der Waals surface area contributed by atoms with Crippen LogP contribution in [0.3, 0.4) is 0 Å². The summed E-state index contributed by atoms with van der Waals surface area (Å²) in [6.07, 6.45) is 0.330. The van der Waals surface area contributed by atoms with Gasteiger partial charge in [0.2, 0.25) is 0 Å². The van der Waals surface area contributed by atoms with Gasteiger partial charge in [0.05, 0.1) is 6.61 Å². The summed E-state index contributed by atoms with van der Waals surface area (Å²) in [6, 6.07) is 0.199. The number of rotatable bonds is 4. The Kier molecular flexibility index (Phi) is 15.1. The molecule has 0 aromatic carbocycles. The van der Waals surface area contributed by atoms with Gasteiger partial charge < -0.3 is 15.8 Å². The lowest BCUT2D eigenvalue weighted by Crippen LogP contribution is -2.31. The first-order valence-electron chi connectivity index (χ1n) is 4.21. The second-order valence-corrected chi connectivity index (χ2v) is 3.20. The zero-order valence-electron chi connectivity index (χ0n) is 8.78. The fourth-order valence-electron chi connectivity index (χ4n) is 0.615. The summed E-state index contributed by atoms with van der Waals surface area (Å²) in [7, 11) is 0. The molecule has 0 aromatic rings. The largest absolute Gasteiger partial charge is 0.449 e. The molecule has 0 fully saturated rings. The lowest BCUT2D eigenvalue weighted by atomic mass is 10.3. The molecule has 3 N–H and O–H groups in total. The number of carbonyl (C=O) groups is 1. The molecule has 14 heavy (non-hydrogen) atoms. The van der Waals surface area contributed by atoms with Crippen LogP contribution < -0.4 is 11.1 Å². The van der Waals surface area contributed by atoms with Crippen LogP contribution in [0.2, 0.25) is 0 Å². The predicted octanol–water partition coefficient (Wildman–Crippen LogP) is 1.70. The third kappa shape index (κ3) is 14.3. The molecule has 1 atom stereocenters. The van der Waals surface area contributed by atoms with Crippen molar-refractivity contribution in [2.45, 2.75) is 39.3 Å². The highest BCUT2D eigenvalue weighted by atomic mass is 35.5. The van der Waals surface area contributed by atoms with Crippen molar-refractivity contribution in [1.29, 1.82) is 0 Å². The van der Waals surface area contributed by atoms with Gasteiger partial charge in [-0.2, -0.15) is 0 Å². The summed E-state index contributed by atoms with van der Waals surface area (Å²) in [5, 5.41) is 2.61. The minimum atomic E-state index is -0.370. The minimum Gasteiger partial charge on any atom is -0.449 e. The second-order valence-electron chi connectivity index (χ2n) is 3.20. The Morgan fingerprint density at radius 3 is 2.21 bits per heavy atom. The van der Waals surface area contributed by atoms with Gasteiger partial charge in [-0.25, -0.2) is 4.79 Å². The maximum atomic E-state index is 10.9. The molecule has 0 spiro atoms. The molecule has 1 unspecified atom stereocenters. The van der Waals surface area contributed by atoms with Gasteiger partial charge in [-0.15, -0.1) is 24.8 Å². The highest BCUT2D eigenvalue weighted by Gasteiger charge is 2.03. The van der Waals surface area contributed by atoms with Gasteiger partial charge >= 0.3 is 6.09 Å². The van der Waals surface area contributed by atoms with E-state index in [-0.39, 0.29) is 43.0 Å². The number of hydrogen-bond acceptors (Lipinski definition) is 3. The monoisotopic (exact) mass is 246 g/mol. The quantitative estimate of drug-likeness (QED) is 0.794. The summed E-state index contributed by atoms with van der Waals surface area (Å²) < 4.78 is 4.83. The number of carbonyl (C=O) groups excluding carboxylic acids is 1. The van der Waals surface area contributed by atoms with E-state index in [1.54, 1.807) is 0 Å². The number of nitrogens with one attached hydrogen (secondary N) is 1. The number of alkyl carbamates (subject to hydrolysis) is 1. The van der Waals surface area contributed by atoms with Crippen LogP contribution in [-0.2, 0) is 4.74 Å². The van der Waals surface area contributed by atoms with E-state index in [4.69, 9.17) is 10.5 Å². The van der Waals surface area contributed by atoms with E-state index in [1.165, 1.54) is 0 Å². The fraction of sp³-hybridized carbons (Fsp3) is 0.875. The van der Waals surface area contributed by atoms with Gasteiger partial charge in [0, 0.05) is 12.1 Å². The molecular weight excluding hydrogens is 227 g/mol. The molecule has 4 nitrogen and oxygen atoms in total. The number of amides is 1. The minimum absolute atomic E-state index is 0. The molecule has 0 aliphatic heterocycles. The van der Waals surface area contributed by atoms with E-state index in [2.05, 4.69) is 5.32 Å². The van der Waals surface area contributed by atoms with Crippen molar-refractivity contribution in [2.24, 2.45) is 5.73 Å². The van der Waals surface area contributed by atoms with Gasteiger partial charge in [-0.3, -0.25) is 0 Å². The topological polar surface area (TPSA) is 64.3 Å². The molecule has 6 heteroatoms. The van der Waals surface area contributed by atoms with Gasteiger partial charge in [-0.1, -0.05) is 0 Å². The highest BCUT2D eigenvalue weighted by Crippen LogP contribution is 1.89. The van der Waals surface area contributed by atoms with Crippen LogP contribution in [0.1, 0.15) is 27.2 Å². The molecule has 0 aliphatic rings. The SMILES string of the molecule is CC(N)CCOC(=O)NC(C)C.Cl.Cl. The van der Waals surface area contributed by atoms with Crippen molar-refractivity contribution in [3.63, 3.8) is 0 Å². The first-order chi connectivity index (χ1) is 5.52. The Bertz CT molecular complexity index is 143. The number of halogens is 2. The first kappa shape index (κ1) is 19.4. The number of hydrogen-bond donors (Lipinski definition) is 2. The van der Waals surface area contributed by atoms with E-state index < -0.39 is 0 Å². The average molecular weight is 247 g/mol. The van der Waals surface area contributed by atoms with Crippen molar-refractivity contribution in [3.05, 3.63) is 0 Å². The van der Waals surface area contributed by atoms with Crippen molar-refractivity contribution < 1.29 is 9.53 Å². The molecule has 88 valence electrons. The molecular formula is C8H20Cl2N2O2. The smallest absolute Gasteiger partial charge is 0.407 e. The summed E-state index contributed by atoms with van der Waals surface area (Å²) in [4.78, 5) is 10.9.